The highest BCUT2D eigenvalue weighted by molar-refractivity contribution is 5.96. The van der Waals surface area contributed by atoms with Crippen molar-refractivity contribution in [3.05, 3.63) is 65.7 Å². The largest absolute Gasteiger partial charge is 0.339 e. The van der Waals surface area contributed by atoms with Crippen LogP contribution < -0.4 is 10.6 Å². The van der Waals surface area contributed by atoms with Gasteiger partial charge in [-0.15, -0.1) is 0 Å². The van der Waals surface area contributed by atoms with Gasteiger partial charge in [-0.05, 0) is 50.5 Å². The van der Waals surface area contributed by atoms with Gasteiger partial charge in [0.25, 0.3) is 5.91 Å². The first-order valence-corrected chi connectivity index (χ1v) is 9.12. The van der Waals surface area contributed by atoms with Crippen molar-refractivity contribution in [3.63, 3.8) is 0 Å². The van der Waals surface area contributed by atoms with E-state index in [0.29, 0.717) is 30.9 Å². The summed E-state index contributed by atoms with van der Waals surface area (Å²) < 4.78 is 0. The number of hydrogen-bond donors (Lipinski definition) is 2. The molecule has 0 bridgehead atoms. The summed E-state index contributed by atoms with van der Waals surface area (Å²) in [5.74, 6) is -0.0260. The minimum absolute atomic E-state index is 0.0260. The molecule has 0 aromatic heterocycles. The zero-order valence-corrected chi connectivity index (χ0v) is 15.5. The van der Waals surface area contributed by atoms with E-state index in [2.05, 4.69) is 22.8 Å². The molecule has 0 spiro atoms. The molecule has 26 heavy (non-hydrogen) atoms. The molecule has 0 heterocycles. The summed E-state index contributed by atoms with van der Waals surface area (Å²) in [6, 6.07) is 17.0. The molecule has 0 fully saturated rings. The van der Waals surface area contributed by atoms with E-state index in [1.807, 2.05) is 32.0 Å². The van der Waals surface area contributed by atoms with Crippen LogP contribution in [0.4, 0.5) is 10.5 Å². The molecule has 2 N–H and O–H groups in total. The van der Waals surface area contributed by atoms with Gasteiger partial charge in [0.15, 0.2) is 0 Å². The number of nitrogens with zero attached hydrogens (tertiary/aromatic N) is 1. The summed E-state index contributed by atoms with van der Waals surface area (Å²) in [5, 5.41) is 5.64. The van der Waals surface area contributed by atoms with Crippen LogP contribution in [0.15, 0.2) is 54.6 Å². The Labute approximate surface area is 155 Å². The average molecular weight is 353 g/mol. The molecular formula is C21H27N3O2. The normalized spacial score (nSPS) is 10.2. The fraction of sp³-hybridized carbons (Fsp3) is 0.333. The molecule has 0 aliphatic carbocycles. The van der Waals surface area contributed by atoms with Gasteiger partial charge >= 0.3 is 6.03 Å². The van der Waals surface area contributed by atoms with E-state index in [0.717, 1.165) is 12.8 Å². The number of carbonyl (C=O) groups is 2. The van der Waals surface area contributed by atoms with Crippen LogP contribution in [0.3, 0.4) is 0 Å². The molecule has 0 aliphatic heterocycles. The lowest BCUT2D eigenvalue weighted by atomic mass is 10.1. The van der Waals surface area contributed by atoms with Crippen LogP contribution in [0.5, 0.6) is 0 Å². The van der Waals surface area contributed by atoms with E-state index in [4.69, 9.17) is 0 Å². The number of nitrogens with one attached hydrogen (secondary N) is 2. The maximum absolute atomic E-state index is 12.4. The molecule has 0 saturated heterocycles. The number of aryl methyl sites for hydroxylation is 1. The number of anilines is 1. The van der Waals surface area contributed by atoms with Crippen molar-refractivity contribution in [2.24, 2.45) is 0 Å². The van der Waals surface area contributed by atoms with Crippen LogP contribution in [-0.2, 0) is 6.42 Å². The Morgan fingerprint density at radius 1 is 0.962 bits per heavy atom. The van der Waals surface area contributed by atoms with Crippen LogP contribution in [0, 0.1) is 0 Å². The zero-order chi connectivity index (χ0) is 18.8. The highest BCUT2D eigenvalue weighted by Crippen LogP contribution is 2.13. The molecule has 2 aromatic rings. The van der Waals surface area contributed by atoms with Gasteiger partial charge in [0.2, 0.25) is 0 Å². The second-order valence-electron chi connectivity index (χ2n) is 6.03. The molecule has 0 saturated carbocycles. The van der Waals surface area contributed by atoms with Crippen molar-refractivity contribution in [3.8, 4) is 0 Å². The Morgan fingerprint density at radius 2 is 1.69 bits per heavy atom. The standard InChI is InChI=1S/C21H27N3O2/c1-3-24(4-2)20(25)18-13-8-14-19(16-18)23-21(26)22-15-9-12-17-10-6-5-7-11-17/h5-8,10-11,13-14,16H,3-4,9,12,15H2,1-2H3,(H2,22,23,26). The van der Waals surface area contributed by atoms with Crippen LogP contribution >= 0.6 is 0 Å². The minimum Gasteiger partial charge on any atom is -0.339 e. The summed E-state index contributed by atoms with van der Waals surface area (Å²) >= 11 is 0. The number of hydrogen-bond acceptors (Lipinski definition) is 2. The van der Waals surface area contributed by atoms with E-state index < -0.39 is 0 Å². The first-order valence-electron chi connectivity index (χ1n) is 9.12. The number of amides is 3. The van der Waals surface area contributed by atoms with E-state index in [9.17, 15) is 9.59 Å². The van der Waals surface area contributed by atoms with Gasteiger partial charge < -0.3 is 15.5 Å². The summed E-state index contributed by atoms with van der Waals surface area (Å²) in [6.45, 7) is 5.82. The van der Waals surface area contributed by atoms with Crippen molar-refractivity contribution in [2.75, 3.05) is 25.0 Å². The molecule has 5 nitrogen and oxygen atoms in total. The third-order valence-electron chi connectivity index (χ3n) is 4.19. The summed E-state index contributed by atoms with van der Waals surface area (Å²) in [4.78, 5) is 26.2. The number of carbonyl (C=O) groups excluding carboxylic acids is 2. The highest BCUT2D eigenvalue weighted by Gasteiger charge is 2.13. The number of benzene rings is 2. The Kier molecular flexibility index (Phi) is 7.68. The first-order chi connectivity index (χ1) is 12.6. The second kappa shape index (κ2) is 10.2. The SMILES string of the molecule is CCN(CC)C(=O)c1cccc(NC(=O)NCCCc2ccccc2)c1. The quantitative estimate of drug-likeness (QED) is 0.707. The van der Waals surface area contributed by atoms with E-state index in [1.54, 1.807) is 29.2 Å². The van der Waals surface area contributed by atoms with Crippen LogP contribution in [0.25, 0.3) is 0 Å². The highest BCUT2D eigenvalue weighted by atomic mass is 16.2. The predicted octanol–water partition coefficient (Wildman–Crippen LogP) is 3.92. The second-order valence-corrected chi connectivity index (χ2v) is 6.03. The lowest BCUT2D eigenvalue weighted by molar-refractivity contribution is 0.0773. The molecule has 3 amide bonds. The number of urea groups is 1. The van der Waals surface area contributed by atoms with Crippen LogP contribution in [0.2, 0.25) is 0 Å². The van der Waals surface area contributed by atoms with Crippen LogP contribution in [0.1, 0.15) is 36.2 Å². The molecule has 0 radical (unpaired) electrons. The first kappa shape index (κ1) is 19.5. The third kappa shape index (κ3) is 5.92. The van der Waals surface area contributed by atoms with E-state index in [1.165, 1.54) is 5.56 Å². The van der Waals surface area contributed by atoms with E-state index in [-0.39, 0.29) is 11.9 Å². The molecule has 138 valence electrons. The fourth-order valence-electron chi connectivity index (χ4n) is 2.74. The lowest BCUT2D eigenvalue weighted by Crippen LogP contribution is -2.31. The Hall–Kier alpha value is -2.82. The smallest absolute Gasteiger partial charge is 0.319 e. The summed E-state index contributed by atoms with van der Waals surface area (Å²) in [7, 11) is 0. The molecule has 0 unspecified atom stereocenters. The van der Waals surface area contributed by atoms with Gasteiger partial charge in [-0.3, -0.25) is 4.79 Å². The van der Waals surface area contributed by atoms with Crippen molar-refractivity contribution in [2.45, 2.75) is 26.7 Å². The fourth-order valence-corrected chi connectivity index (χ4v) is 2.74. The summed E-state index contributed by atoms with van der Waals surface area (Å²) in [5.41, 5.74) is 2.46. The maximum Gasteiger partial charge on any atom is 0.319 e. The average Bonchev–Trinajstić information content (AvgIpc) is 2.67. The van der Waals surface area contributed by atoms with E-state index >= 15 is 0 Å². The minimum atomic E-state index is -0.259. The molecule has 2 aromatic carbocycles. The Balaban J connectivity index is 1.81. The van der Waals surface area contributed by atoms with Gasteiger partial charge in [0.05, 0.1) is 0 Å². The Morgan fingerprint density at radius 3 is 2.38 bits per heavy atom. The van der Waals surface area contributed by atoms with Crippen molar-refractivity contribution >= 4 is 17.6 Å². The molecule has 2 rings (SSSR count). The number of rotatable bonds is 8. The van der Waals surface area contributed by atoms with Crippen molar-refractivity contribution in [1.82, 2.24) is 10.2 Å². The maximum atomic E-state index is 12.4. The van der Waals surface area contributed by atoms with Gasteiger partial charge in [-0.1, -0.05) is 36.4 Å². The molecule has 0 atom stereocenters. The monoisotopic (exact) mass is 353 g/mol. The molecular weight excluding hydrogens is 326 g/mol. The topological polar surface area (TPSA) is 61.4 Å². The molecule has 5 heteroatoms. The summed E-state index contributed by atoms with van der Waals surface area (Å²) in [6.07, 6.45) is 1.80. The zero-order valence-electron chi connectivity index (χ0n) is 15.5. The Bertz CT molecular complexity index is 712. The van der Waals surface area contributed by atoms with Gasteiger partial charge in [0.1, 0.15) is 0 Å². The lowest BCUT2D eigenvalue weighted by Gasteiger charge is -2.19. The van der Waals surface area contributed by atoms with Crippen molar-refractivity contribution < 1.29 is 9.59 Å². The van der Waals surface area contributed by atoms with Gasteiger partial charge in [-0.2, -0.15) is 0 Å². The van der Waals surface area contributed by atoms with Gasteiger partial charge in [0, 0.05) is 30.9 Å². The van der Waals surface area contributed by atoms with Crippen molar-refractivity contribution in [1.29, 1.82) is 0 Å². The van der Waals surface area contributed by atoms with Gasteiger partial charge in [-0.25, -0.2) is 4.79 Å². The third-order valence-corrected chi connectivity index (χ3v) is 4.19. The predicted molar refractivity (Wildman–Crippen MR) is 105 cm³/mol. The van der Waals surface area contributed by atoms with Crippen LogP contribution in [-0.4, -0.2) is 36.5 Å². The molecule has 0 aliphatic rings.